The van der Waals surface area contributed by atoms with E-state index in [4.69, 9.17) is 17.3 Å². The fraction of sp³-hybridized carbons (Fsp3) is 0.118. The van der Waals surface area contributed by atoms with E-state index < -0.39 is 0 Å². The molecule has 0 aliphatic rings. The number of hydrogen-bond donors (Lipinski definition) is 1. The second-order valence-corrected chi connectivity index (χ2v) is 6.25. The molecule has 106 valence electrons. The number of benzene rings is 2. The summed E-state index contributed by atoms with van der Waals surface area (Å²) < 4.78 is 0. The zero-order valence-electron chi connectivity index (χ0n) is 11.4. The normalized spacial score (nSPS) is 10.9. The van der Waals surface area contributed by atoms with Crippen LogP contribution in [0.4, 0.5) is 5.69 Å². The van der Waals surface area contributed by atoms with Gasteiger partial charge in [0, 0.05) is 33.8 Å². The Kier molecular flexibility index (Phi) is 4.32. The predicted octanol–water partition coefficient (Wildman–Crippen LogP) is 4.90. The van der Waals surface area contributed by atoms with Crippen LogP contribution in [-0.4, -0.2) is 4.98 Å². The summed E-state index contributed by atoms with van der Waals surface area (Å²) in [5.41, 5.74) is 10.3. The summed E-state index contributed by atoms with van der Waals surface area (Å²) in [5, 5.41) is 1.81. The zero-order chi connectivity index (χ0) is 14.7. The first-order valence-electron chi connectivity index (χ1n) is 6.68. The number of halogens is 1. The van der Waals surface area contributed by atoms with Gasteiger partial charge in [0.05, 0.1) is 5.52 Å². The van der Waals surface area contributed by atoms with Gasteiger partial charge in [0.25, 0.3) is 0 Å². The molecule has 3 rings (SSSR count). The molecule has 0 bridgehead atoms. The van der Waals surface area contributed by atoms with E-state index >= 15 is 0 Å². The van der Waals surface area contributed by atoms with Gasteiger partial charge in [0.2, 0.25) is 0 Å². The molecular weight excluding hydrogens is 300 g/mol. The van der Waals surface area contributed by atoms with Crippen molar-refractivity contribution < 1.29 is 0 Å². The van der Waals surface area contributed by atoms with E-state index in [1.54, 1.807) is 0 Å². The minimum atomic E-state index is 0.775. The molecule has 4 heteroatoms. The highest BCUT2D eigenvalue weighted by atomic mass is 35.5. The Morgan fingerprint density at radius 3 is 2.62 bits per heavy atom. The Balaban J connectivity index is 1.74. The summed E-state index contributed by atoms with van der Waals surface area (Å²) in [5.74, 6) is 1.87. The number of aromatic nitrogens is 1. The first kappa shape index (κ1) is 14.2. The number of nitrogens with zero attached hydrogens (tertiary/aromatic N) is 1. The second-order valence-electron chi connectivity index (χ2n) is 4.83. The van der Waals surface area contributed by atoms with Crippen molar-refractivity contribution in [2.75, 3.05) is 5.73 Å². The molecule has 2 nitrogen and oxygen atoms in total. The Morgan fingerprint density at radius 2 is 1.81 bits per heavy atom. The highest BCUT2D eigenvalue weighted by Crippen LogP contribution is 2.27. The van der Waals surface area contributed by atoms with Crippen molar-refractivity contribution in [3.63, 3.8) is 0 Å². The van der Waals surface area contributed by atoms with Crippen LogP contribution in [0.5, 0.6) is 0 Å². The number of hydrogen-bond acceptors (Lipinski definition) is 3. The van der Waals surface area contributed by atoms with Crippen molar-refractivity contribution in [2.24, 2.45) is 0 Å². The fourth-order valence-corrected chi connectivity index (χ4v) is 3.34. The van der Waals surface area contributed by atoms with Crippen LogP contribution in [0.1, 0.15) is 11.1 Å². The topological polar surface area (TPSA) is 38.9 Å². The molecule has 0 aliphatic heterocycles. The molecule has 2 aromatic carbocycles. The summed E-state index contributed by atoms with van der Waals surface area (Å²) in [7, 11) is 0. The first-order chi connectivity index (χ1) is 10.2. The molecule has 0 amide bonds. The molecule has 21 heavy (non-hydrogen) atoms. The summed E-state index contributed by atoms with van der Waals surface area (Å²) in [6.07, 6.45) is 1.81. The Labute approximate surface area is 133 Å². The lowest BCUT2D eigenvalue weighted by molar-refractivity contribution is 1.33. The minimum absolute atomic E-state index is 0.775. The molecule has 0 aliphatic carbocycles. The number of pyridine rings is 1. The lowest BCUT2D eigenvalue weighted by Crippen LogP contribution is -1.93. The number of nitrogen functional groups attached to an aromatic ring is 1. The third-order valence-electron chi connectivity index (χ3n) is 3.33. The van der Waals surface area contributed by atoms with Crippen LogP contribution < -0.4 is 5.73 Å². The van der Waals surface area contributed by atoms with E-state index in [9.17, 15) is 0 Å². The van der Waals surface area contributed by atoms with Gasteiger partial charge >= 0.3 is 0 Å². The third kappa shape index (κ3) is 3.31. The van der Waals surface area contributed by atoms with Crippen molar-refractivity contribution in [1.29, 1.82) is 0 Å². The summed E-state index contributed by atoms with van der Waals surface area (Å²) in [6, 6.07) is 16.0. The van der Waals surface area contributed by atoms with Crippen molar-refractivity contribution in [1.82, 2.24) is 4.98 Å². The maximum absolute atomic E-state index is 6.00. The second kappa shape index (κ2) is 6.37. The molecule has 0 unspecified atom stereocenters. The minimum Gasteiger partial charge on any atom is -0.398 e. The van der Waals surface area contributed by atoms with E-state index in [2.05, 4.69) is 23.2 Å². The summed E-state index contributed by atoms with van der Waals surface area (Å²) >= 11 is 7.76. The van der Waals surface area contributed by atoms with Crippen molar-refractivity contribution >= 4 is 40.0 Å². The first-order valence-corrected chi connectivity index (χ1v) is 8.21. The maximum atomic E-state index is 6.00. The molecule has 0 saturated heterocycles. The van der Waals surface area contributed by atoms with Gasteiger partial charge in [0.15, 0.2) is 0 Å². The number of thioether (sulfide) groups is 1. The van der Waals surface area contributed by atoms with Crippen LogP contribution in [0.2, 0.25) is 5.02 Å². The molecule has 3 aromatic rings. The lowest BCUT2D eigenvalue weighted by atomic mass is 10.1. The van der Waals surface area contributed by atoms with Crippen LogP contribution in [0.3, 0.4) is 0 Å². The molecule has 2 N–H and O–H groups in total. The number of anilines is 1. The van der Waals surface area contributed by atoms with Gasteiger partial charge < -0.3 is 5.73 Å². The van der Waals surface area contributed by atoms with Crippen molar-refractivity contribution in [3.05, 3.63) is 70.9 Å². The highest BCUT2D eigenvalue weighted by Gasteiger charge is 2.05. The Bertz CT molecular complexity index is 756. The largest absolute Gasteiger partial charge is 0.398 e. The van der Waals surface area contributed by atoms with Gasteiger partial charge in [-0.05, 0) is 41.5 Å². The lowest BCUT2D eigenvalue weighted by Gasteiger charge is -2.08. The fourth-order valence-electron chi connectivity index (χ4n) is 2.23. The number of rotatable bonds is 4. The number of fused-ring (bicyclic) bond motifs is 1. The van der Waals surface area contributed by atoms with E-state index in [1.165, 1.54) is 11.1 Å². The smallest absolute Gasteiger partial charge is 0.0763 e. The number of nitrogens with two attached hydrogens (primary N) is 1. The van der Waals surface area contributed by atoms with E-state index in [1.807, 2.05) is 48.3 Å². The summed E-state index contributed by atoms with van der Waals surface area (Å²) in [6.45, 7) is 0. The highest BCUT2D eigenvalue weighted by molar-refractivity contribution is 7.97. The average Bonchev–Trinajstić information content (AvgIpc) is 2.52. The molecule has 0 saturated carbocycles. The zero-order valence-corrected chi connectivity index (χ0v) is 13.0. The van der Waals surface area contributed by atoms with Gasteiger partial charge in [0.1, 0.15) is 0 Å². The summed E-state index contributed by atoms with van der Waals surface area (Å²) in [4.78, 5) is 4.47. The average molecular weight is 315 g/mol. The molecule has 0 radical (unpaired) electrons. The Hall–Kier alpha value is -1.71. The molecule has 0 spiro atoms. The molecule has 0 atom stereocenters. The van der Waals surface area contributed by atoms with E-state index in [-0.39, 0.29) is 0 Å². The van der Waals surface area contributed by atoms with Crippen LogP contribution in [0.25, 0.3) is 10.9 Å². The SMILES string of the molecule is Nc1ccc(CSCc2ccc(Cl)cc2)c2ncccc12. The van der Waals surface area contributed by atoms with Crippen LogP contribution in [-0.2, 0) is 11.5 Å². The van der Waals surface area contributed by atoms with E-state index in [0.29, 0.717) is 0 Å². The van der Waals surface area contributed by atoms with Gasteiger partial charge in [-0.2, -0.15) is 11.8 Å². The molecule has 1 aromatic heterocycles. The van der Waals surface area contributed by atoms with Crippen molar-refractivity contribution in [2.45, 2.75) is 11.5 Å². The maximum Gasteiger partial charge on any atom is 0.0763 e. The van der Waals surface area contributed by atoms with Crippen LogP contribution >= 0.6 is 23.4 Å². The van der Waals surface area contributed by atoms with Gasteiger partial charge in [-0.15, -0.1) is 0 Å². The van der Waals surface area contributed by atoms with Gasteiger partial charge in [-0.3, -0.25) is 4.98 Å². The third-order valence-corrected chi connectivity index (χ3v) is 4.63. The molecular formula is C17H15ClN2S. The van der Waals surface area contributed by atoms with Crippen molar-refractivity contribution in [3.8, 4) is 0 Å². The predicted molar refractivity (Wildman–Crippen MR) is 92.6 cm³/mol. The molecule has 1 heterocycles. The quantitative estimate of drug-likeness (QED) is 0.696. The van der Waals surface area contributed by atoms with Gasteiger partial charge in [-0.25, -0.2) is 0 Å². The van der Waals surface area contributed by atoms with Gasteiger partial charge in [-0.1, -0.05) is 29.8 Å². The van der Waals surface area contributed by atoms with E-state index in [0.717, 1.165) is 33.1 Å². The van der Waals surface area contributed by atoms with Crippen LogP contribution in [0.15, 0.2) is 54.7 Å². The van der Waals surface area contributed by atoms with Crippen LogP contribution in [0, 0.1) is 0 Å². The monoisotopic (exact) mass is 314 g/mol. The molecule has 0 fully saturated rings. The Morgan fingerprint density at radius 1 is 1.00 bits per heavy atom. The standard InChI is InChI=1S/C17H15ClN2S/c18-14-6-3-12(4-7-14)10-21-11-13-5-8-16(19)15-2-1-9-20-17(13)15/h1-9H,10-11,19H2.